The maximum atomic E-state index is 12.6. The first-order valence-corrected chi connectivity index (χ1v) is 11.1. The van der Waals surface area contributed by atoms with Crippen LogP contribution in [0.25, 0.3) is 10.9 Å². The molecule has 2 aromatic heterocycles. The number of thiophene rings is 1. The molecule has 1 aliphatic rings. The van der Waals surface area contributed by atoms with E-state index in [1.807, 2.05) is 18.2 Å². The van der Waals surface area contributed by atoms with E-state index in [9.17, 15) is 4.79 Å². The summed E-state index contributed by atoms with van der Waals surface area (Å²) in [5.74, 6) is 2.15. The molecule has 1 atom stereocenters. The Kier molecular flexibility index (Phi) is 5.21. The molecule has 0 saturated carbocycles. The van der Waals surface area contributed by atoms with Crippen molar-refractivity contribution in [2.45, 2.75) is 19.0 Å². The van der Waals surface area contributed by atoms with Crippen LogP contribution in [0.15, 0.2) is 58.7 Å². The molecule has 3 heterocycles. The summed E-state index contributed by atoms with van der Waals surface area (Å²) in [5, 5.41) is 2.71. The third kappa shape index (κ3) is 3.60. The number of ether oxygens (including phenoxy) is 2. The highest BCUT2D eigenvalue weighted by Gasteiger charge is 2.31. The third-order valence-electron chi connectivity index (χ3n) is 5.80. The van der Waals surface area contributed by atoms with Gasteiger partial charge in [0.2, 0.25) is 0 Å². The van der Waals surface area contributed by atoms with E-state index in [1.165, 1.54) is 16.0 Å². The normalized spacial score (nSPS) is 16.3. The number of hydrogen-bond donors (Lipinski definition) is 1. The smallest absolute Gasteiger partial charge is 0.258 e. The number of nitrogens with zero attached hydrogens (tertiary/aromatic N) is 2. The summed E-state index contributed by atoms with van der Waals surface area (Å²) in [6, 6.07) is 15.9. The molecule has 1 unspecified atom stereocenters. The van der Waals surface area contributed by atoms with Gasteiger partial charge in [-0.15, -0.1) is 11.3 Å². The molecule has 0 fully saturated rings. The first-order valence-electron chi connectivity index (χ1n) is 10.2. The fourth-order valence-corrected chi connectivity index (χ4v) is 5.23. The summed E-state index contributed by atoms with van der Waals surface area (Å²) in [5.41, 5.74) is 3.08. The molecule has 1 aliphatic heterocycles. The van der Waals surface area contributed by atoms with Crippen LogP contribution >= 0.6 is 11.3 Å². The topological polar surface area (TPSA) is 67.5 Å². The van der Waals surface area contributed by atoms with E-state index in [2.05, 4.69) is 39.5 Å². The minimum absolute atomic E-state index is 0.0559. The molecule has 158 valence electrons. The highest BCUT2D eigenvalue weighted by Crippen LogP contribution is 2.42. The standard InChI is InChI=1S/C24H23N3O3S/c1-29-19-12-15-9-10-27(14-22-25-18-7-4-3-6-16(18)24(28)26-22)23(21-8-5-11-31-21)17(15)13-20(19)30-2/h3-8,11-13,23H,9-10,14H2,1-2H3,(H,25,26,28). The van der Waals surface area contributed by atoms with E-state index in [0.29, 0.717) is 17.8 Å². The number of methoxy groups -OCH3 is 2. The van der Waals surface area contributed by atoms with Crippen LogP contribution < -0.4 is 15.0 Å². The largest absolute Gasteiger partial charge is 0.493 e. The lowest BCUT2D eigenvalue weighted by Crippen LogP contribution is -2.36. The Balaban J connectivity index is 1.57. The Morgan fingerprint density at radius 2 is 1.94 bits per heavy atom. The van der Waals surface area contributed by atoms with E-state index in [1.54, 1.807) is 31.6 Å². The zero-order chi connectivity index (χ0) is 21.4. The first kappa shape index (κ1) is 19.8. The summed E-state index contributed by atoms with van der Waals surface area (Å²) >= 11 is 1.73. The molecule has 31 heavy (non-hydrogen) atoms. The lowest BCUT2D eigenvalue weighted by atomic mass is 9.91. The highest BCUT2D eigenvalue weighted by molar-refractivity contribution is 7.10. The van der Waals surface area contributed by atoms with Gasteiger partial charge in [0.15, 0.2) is 11.5 Å². The minimum atomic E-state index is -0.0999. The van der Waals surface area contributed by atoms with Gasteiger partial charge >= 0.3 is 0 Å². The van der Waals surface area contributed by atoms with Gasteiger partial charge in [0.25, 0.3) is 5.56 Å². The third-order valence-corrected chi connectivity index (χ3v) is 6.73. The zero-order valence-corrected chi connectivity index (χ0v) is 18.2. The van der Waals surface area contributed by atoms with Gasteiger partial charge in [-0.3, -0.25) is 9.69 Å². The molecule has 1 N–H and O–H groups in total. The molecule has 5 rings (SSSR count). The van der Waals surface area contributed by atoms with Gasteiger partial charge < -0.3 is 14.5 Å². The van der Waals surface area contributed by atoms with Gasteiger partial charge in [-0.1, -0.05) is 18.2 Å². The number of aromatic nitrogens is 2. The molecule has 0 spiro atoms. The predicted molar refractivity (Wildman–Crippen MR) is 122 cm³/mol. The molecular weight excluding hydrogens is 410 g/mol. The van der Waals surface area contributed by atoms with E-state index < -0.39 is 0 Å². The number of fused-ring (bicyclic) bond motifs is 2. The van der Waals surface area contributed by atoms with Crippen LogP contribution in [-0.4, -0.2) is 35.6 Å². The molecule has 6 nitrogen and oxygen atoms in total. The van der Waals surface area contributed by atoms with Crippen molar-refractivity contribution < 1.29 is 9.47 Å². The van der Waals surface area contributed by atoms with Crippen molar-refractivity contribution in [1.82, 2.24) is 14.9 Å². The van der Waals surface area contributed by atoms with Crippen molar-refractivity contribution in [3.05, 3.63) is 86.1 Å². The Morgan fingerprint density at radius 1 is 1.13 bits per heavy atom. The van der Waals surface area contributed by atoms with Crippen molar-refractivity contribution in [2.24, 2.45) is 0 Å². The van der Waals surface area contributed by atoms with E-state index in [4.69, 9.17) is 14.5 Å². The Hall–Kier alpha value is -3.16. The van der Waals surface area contributed by atoms with Crippen LogP contribution in [-0.2, 0) is 13.0 Å². The number of para-hydroxylation sites is 1. The quantitative estimate of drug-likeness (QED) is 0.512. The fraction of sp³-hybridized carbons (Fsp3) is 0.250. The van der Waals surface area contributed by atoms with Crippen LogP contribution in [0.5, 0.6) is 11.5 Å². The summed E-state index contributed by atoms with van der Waals surface area (Å²) in [6.07, 6.45) is 0.884. The maximum absolute atomic E-state index is 12.6. The number of hydrogen-bond acceptors (Lipinski definition) is 6. The SMILES string of the molecule is COc1cc2c(cc1OC)C(c1cccs1)N(Cc1nc3ccccc3c(=O)[nH]1)CC2. The van der Waals surface area contributed by atoms with Gasteiger partial charge in [-0.2, -0.15) is 0 Å². The van der Waals surface area contributed by atoms with Gasteiger partial charge in [-0.25, -0.2) is 4.98 Å². The van der Waals surface area contributed by atoms with E-state index >= 15 is 0 Å². The second-order valence-electron chi connectivity index (χ2n) is 7.57. The summed E-state index contributed by atoms with van der Waals surface area (Å²) in [4.78, 5) is 23.9. The van der Waals surface area contributed by atoms with Crippen molar-refractivity contribution in [1.29, 1.82) is 0 Å². The van der Waals surface area contributed by atoms with E-state index in [-0.39, 0.29) is 11.6 Å². The molecule has 7 heteroatoms. The lowest BCUT2D eigenvalue weighted by Gasteiger charge is -2.37. The lowest BCUT2D eigenvalue weighted by molar-refractivity contribution is 0.201. The number of H-pyrrole nitrogens is 1. The highest BCUT2D eigenvalue weighted by atomic mass is 32.1. The van der Waals surface area contributed by atoms with Crippen LogP contribution in [0, 0.1) is 0 Å². The molecule has 0 bridgehead atoms. The Morgan fingerprint density at radius 3 is 2.71 bits per heavy atom. The zero-order valence-electron chi connectivity index (χ0n) is 17.4. The Bertz CT molecular complexity index is 1280. The molecule has 0 aliphatic carbocycles. The van der Waals surface area contributed by atoms with Gasteiger partial charge in [0.05, 0.1) is 37.7 Å². The van der Waals surface area contributed by atoms with Crippen LogP contribution in [0.3, 0.4) is 0 Å². The molecule has 0 amide bonds. The number of benzene rings is 2. The van der Waals surface area contributed by atoms with Gasteiger partial charge in [0, 0.05) is 11.4 Å². The number of nitrogens with one attached hydrogen (secondary N) is 1. The monoisotopic (exact) mass is 433 g/mol. The first-order chi connectivity index (χ1) is 15.2. The summed E-state index contributed by atoms with van der Waals surface area (Å²) in [6.45, 7) is 1.40. The van der Waals surface area contributed by atoms with Gasteiger partial charge in [0.1, 0.15) is 5.82 Å². The summed E-state index contributed by atoms with van der Waals surface area (Å²) < 4.78 is 11.1. The predicted octanol–water partition coefficient (Wildman–Crippen LogP) is 4.15. The molecule has 0 saturated heterocycles. The second kappa shape index (κ2) is 8.17. The Labute approximate surface area is 184 Å². The van der Waals surface area contributed by atoms with Crippen molar-refractivity contribution >= 4 is 22.2 Å². The fourth-order valence-electron chi connectivity index (χ4n) is 4.35. The number of rotatable bonds is 5. The maximum Gasteiger partial charge on any atom is 0.258 e. The average molecular weight is 434 g/mol. The van der Waals surface area contributed by atoms with Crippen LogP contribution in [0.4, 0.5) is 0 Å². The number of aromatic amines is 1. The second-order valence-corrected chi connectivity index (χ2v) is 8.55. The molecular formula is C24H23N3O3S. The average Bonchev–Trinajstić information content (AvgIpc) is 3.32. The van der Waals surface area contributed by atoms with Crippen molar-refractivity contribution in [2.75, 3.05) is 20.8 Å². The van der Waals surface area contributed by atoms with Crippen molar-refractivity contribution in [3.8, 4) is 11.5 Å². The molecule has 0 radical (unpaired) electrons. The van der Waals surface area contributed by atoms with Gasteiger partial charge in [-0.05, 0) is 53.3 Å². The minimum Gasteiger partial charge on any atom is -0.493 e. The van der Waals surface area contributed by atoms with Crippen LogP contribution in [0.1, 0.15) is 27.9 Å². The molecule has 2 aromatic carbocycles. The van der Waals surface area contributed by atoms with Crippen molar-refractivity contribution in [3.63, 3.8) is 0 Å². The van der Waals surface area contributed by atoms with E-state index in [0.717, 1.165) is 30.0 Å². The summed E-state index contributed by atoms with van der Waals surface area (Å²) in [7, 11) is 3.33. The molecule has 4 aromatic rings. The van der Waals surface area contributed by atoms with Crippen LogP contribution in [0.2, 0.25) is 0 Å².